The maximum Gasteiger partial charge on any atom is 0.224 e. The van der Waals surface area contributed by atoms with Crippen LogP contribution in [0, 0.1) is 0 Å². The molecule has 1 aromatic carbocycles. The van der Waals surface area contributed by atoms with Crippen molar-refractivity contribution in [1.82, 2.24) is 9.62 Å². The molecule has 1 aliphatic rings. The van der Waals surface area contributed by atoms with Gasteiger partial charge in [-0.2, -0.15) is 0 Å². The van der Waals surface area contributed by atoms with E-state index in [-0.39, 0.29) is 18.1 Å². The van der Waals surface area contributed by atoms with E-state index >= 15 is 0 Å². The number of carbonyl (C=O) groups excluding carboxylic acids is 1. The van der Waals surface area contributed by atoms with Gasteiger partial charge in [0.2, 0.25) is 15.9 Å². The molecule has 0 radical (unpaired) electrons. The average Bonchev–Trinajstić information content (AvgIpc) is 2.47. The quantitative estimate of drug-likeness (QED) is 0.800. The van der Waals surface area contributed by atoms with Gasteiger partial charge in [-0.3, -0.25) is 4.79 Å². The molecule has 1 fully saturated rings. The van der Waals surface area contributed by atoms with Crippen molar-refractivity contribution in [2.45, 2.75) is 25.7 Å². The Labute approximate surface area is 136 Å². The van der Waals surface area contributed by atoms with Crippen LogP contribution in [0.3, 0.4) is 0 Å². The number of nitrogens with one attached hydrogen (secondary N) is 1. The highest BCUT2D eigenvalue weighted by Gasteiger charge is 2.24. The lowest BCUT2D eigenvalue weighted by molar-refractivity contribution is -0.120. The number of halogens is 1. The van der Waals surface area contributed by atoms with Crippen LogP contribution < -0.4 is 5.32 Å². The van der Waals surface area contributed by atoms with Crippen LogP contribution in [-0.2, 0) is 21.2 Å². The first-order valence-corrected chi connectivity index (χ1v) is 9.46. The largest absolute Gasteiger partial charge is 0.356 e. The highest BCUT2D eigenvalue weighted by Crippen LogP contribution is 2.15. The molecule has 1 aromatic rings. The van der Waals surface area contributed by atoms with E-state index in [0.29, 0.717) is 31.1 Å². The van der Waals surface area contributed by atoms with Crippen LogP contribution in [-0.4, -0.2) is 44.0 Å². The smallest absolute Gasteiger partial charge is 0.224 e. The summed E-state index contributed by atoms with van der Waals surface area (Å²) in [5, 5.41) is 3.39. The molecule has 0 aliphatic carbocycles. The number of rotatable bonds is 6. The van der Waals surface area contributed by atoms with Crippen LogP contribution >= 0.6 is 11.6 Å². The van der Waals surface area contributed by atoms with Gasteiger partial charge in [0, 0.05) is 24.7 Å². The Balaban J connectivity index is 1.70. The lowest BCUT2D eigenvalue weighted by Gasteiger charge is -2.26. The number of sulfonamides is 1. The lowest BCUT2D eigenvalue weighted by Crippen LogP contribution is -2.39. The summed E-state index contributed by atoms with van der Waals surface area (Å²) < 4.78 is 25.1. The fourth-order valence-electron chi connectivity index (χ4n) is 2.45. The SMILES string of the molecule is O=C(Cc1ccccc1Cl)NCCCN1CCCCS1(=O)=O. The van der Waals surface area contributed by atoms with Gasteiger partial charge in [0.25, 0.3) is 0 Å². The number of nitrogens with zero attached hydrogens (tertiary/aromatic N) is 1. The van der Waals surface area contributed by atoms with Crippen molar-refractivity contribution in [2.24, 2.45) is 0 Å². The van der Waals surface area contributed by atoms with Crippen molar-refractivity contribution < 1.29 is 13.2 Å². The highest BCUT2D eigenvalue weighted by atomic mass is 35.5. The van der Waals surface area contributed by atoms with Crippen molar-refractivity contribution in [3.05, 3.63) is 34.9 Å². The Morgan fingerprint density at radius 1 is 1.27 bits per heavy atom. The minimum atomic E-state index is -3.08. The molecule has 0 bridgehead atoms. The van der Waals surface area contributed by atoms with Crippen molar-refractivity contribution in [2.75, 3.05) is 25.4 Å². The molecule has 1 amide bonds. The van der Waals surface area contributed by atoms with Crippen LogP contribution in [0.1, 0.15) is 24.8 Å². The molecule has 122 valence electrons. The topological polar surface area (TPSA) is 66.5 Å². The predicted molar refractivity (Wildman–Crippen MR) is 87.4 cm³/mol. The van der Waals surface area contributed by atoms with Gasteiger partial charge >= 0.3 is 0 Å². The molecule has 1 N–H and O–H groups in total. The van der Waals surface area contributed by atoms with E-state index in [9.17, 15) is 13.2 Å². The van der Waals surface area contributed by atoms with Gasteiger partial charge in [-0.15, -0.1) is 0 Å². The monoisotopic (exact) mass is 344 g/mol. The number of hydrogen-bond acceptors (Lipinski definition) is 3. The summed E-state index contributed by atoms with van der Waals surface area (Å²) >= 11 is 6.01. The van der Waals surface area contributed by atoms with E-state index in [0.717, 1.165) is 18.4 Å². The summed E-state index contributed by atoms with van der Waals surface area (Å²) in [6, 6.07) is 7.24. The van der Waals surface area contributed by atoms with Crippen LogP contribution in [0.5, 0.6) is 0 Å². The summed E-state index contributed by atoms with van der Waals surface area (Å²) in [5.41, 5.74) is 0.792. The standard InChI is InChI=1S/C15H21ClN2O3S/c16-14-7-2-1-6-13(14)12-15(19)17-8-5-10-18-9-3-4-11-22(18,20)21/h1-2,6-7H,3-5,8-12H2,(H,17,19). The molecule has 5 nitrogen and oxygen atoms in total. The minimum Gasteiger partial charge on any atom is -0.356 e. The second kappa shape index (κ2) is 7.94. The number of hydrogen-bond donors (Lipinski definition) is 1. The molecule has 2 rings (SSSR count). The highest BCUT2D eigenvalue weighted by molar-refractivity contribution is 7.89. The first kappa shape index (κ1) is 17.2. The van der Waals surface area contributed by atoms with E-state index in [1.807, 2.05) is 18.2 Å². The second-order valence-electron chi connectivity index (χ2n) is 5.39. The van der Waals surface area contributed by atoms with Gasteiger partial charge in [0.05, 0.1) is 12.2 Å². The molecule has 1 aliphatic heterocycles. The zero-order valence-corrected chi connectivity index (χ0v) is 14.0. The number of benzene rings is 1. The van der Waals surface area contributed by atoms with E-state index in [1.54, 1.807) is 6.07 Å². The van der Waals surface area contributed by atoms with Crippen LogP contribution in [0.2, 0.25) is 5.02 Å². The summed E-state index contributed by atoms with van der Waals surface area (Å²) in [5.74, 6) is 0.140. The van der Waals surface area contributed by atoms with Gasteiger partial charge in [0.15, 0.2) is 0 Å². The molecule has 1 saturated heterocycles. The zero-order valence-electron chi connectivity index (χ0n) is 12.4. The third-order valence-corrected chi connectivity index (χ3v) is 5.99. The predicted octanol–water partition coefficient (Wildman–Crippen LogP) is 1.81. The van der Waals surface area contributed by atoms with Crippen LogP contribution in [0.15, 0.2) is 24.3 Å². The fourth-order valence-corrected chi connectivity index (χ4v) is 4.30. The zero-order chi connectivity index (χ0) is 16.0. The fraction of sp³-hybridized carbons (Fsp3) is 0.533. The first-order valence-electron chi connectivity index (χ1n) is 7.47. The van der Waals surface area contributed by atoms with Crippen molar-refractivity contribution in [3.63, 3.8) is 0 Å². The Morgan fingerprint density at radius 3 is 2.77 bits per heavy atom. The summed E-state index contributed by atoms with van der Waals surface area (Å²) in [6.45, 7) is 1.53. The second-order valence-corrected chi connectivity index (χ2v) is 7.89. The first-order chi connectivity index (χ1) is 10.5. The number of carbonyl (C=O) groups is 1. The van der Waals surface area contributed by atoms with Gasteiger partial charge in [-0.25, -0.2) is 12.7 Å². The third-order valence-electron chi connectivity index (χ3n) is 3.67. The molecule has 0 saturated carbocycles. The molecule has 0 spiro atoms. The van der Waals surface area contributed by atoms with E-state index < -0.39 is 10.0 Å². The Hall–Kier alpha value is -1.11. The van der Waals surface area contributed by atoms with Crippen molar-refractivity contribution in [1.29, 1.82) is 0 Å². The lowest BCUT2D eigenvalue weighted by atomic mass is 10.1. The van der Waals surface area contributed by atoms with Gasteiger partial charge in [0.1, 0.15) is 0 Å². The summed E-state index contributed by atoms with van der Waals surface area (Å²) in [7, 11) is -3.08. The molecule has 22 heavy (non-hydrogen) atoms. The van der Waals surface area contributed by atoms with Crippen LogP contribution in [0.4, 0.5) is 0 Å². The summed E-state index contributed by atoms with van der Waals surface area (Å²) in [6.07, 6.45) is 2.51. The normalized spacial score (nSPS) is 18.0. The van der Waals surface area contributed by atoms with E-state index in [4.69, 9.17) is 11.6 Å². The van der Waals surface area contributed by atoms with Crippen molar-refractivity contribution >= 4 is 27.5 Å². The molecule has 0 atom stereocenters. The maximum atomic E-state index is 11.8. The Morgan fingerprint density at radius 2 is 2.05 bits per heavy atom. The van der Waals surface area contributed by atoms with Gasteiger partial charge in [-0.05, 0) is 30.9 Å². The van der Waals surface area contributed by atoms with E-state index in [2.05, 4.69) is 5.32 Å². The van der Waals surface area contributed by atoms with Gasteiger partial charge < -0.3 is 5.32 Å². The minimum absolute atomic E-state index is 0.102. The molecular weight excluding hydrogens is 324 g/mol. The molecule has 1 heterocycles. The molecule has 0 aromatic heterocycles. The number of amides is 1. The molecular formula is C15H21ClN2O3S. The Bertz CT molecular complexity index is 619. The Kier molecular flexibility index (Phi) is 6.23. The van der Waals surface area contributed by atoms with Crippen molar-refractivity contribution in [3.8, 4) is 0 Å². The van der Waals surface area contributed by atoms with Gasteiger partial charge in [-0.1, -0.05) is 29.8 Å². The maximum absolute atomic E-state index is 11.8. The van der Waals surface area contributed by atoms with E-state index in [1.165, 1.54) is 4.31 Å². The molecule has 7 heteroatoms. The molecule has 0 unspecified atom stereocenters. The summed E-state index contributed by atoms with van der Waals surface area (Å²) in [4.78, 5) is 11.8. The average molecular weight is 345 g/mol. The third kappa shape index (κ3) is 4.97. The van der Waals surface area contributed by atoms with Crippen LogP contribution in [0.25, 0.3) is 0 Å².